The normalized spacial score (nSPS) is 9.50. The molecule has 0 aromatic heterocycles. The van der Waals surface area contributed by atoms with E-state index in [1.54, 1.807) is 12.1 Å². The van der Waals surface area contributed by atoms with Crippen molar-refractivity contribution in [3.05, 3.63) is 24.3 Å². The van der Waals surface area contributed by atoms with Gasteiger partial charge in [0.2, 0.25) is 5.91 Å². The Bertz CT molecular complexity index is 301. The summed E-state index contributed by atoms with van der Waals surface area (Å²) in [7, 11) is 0. The molecule has 0 aliphatic rings. The molecule has 0 spiro atoms. The minimum atomic E-state index is -0.0128. The Labute approximate surface area is 85.0 Å². The predicted octanol–water partition coefficient (Wildman–Crippen LogP) is 1.97. The third-order valence-corrected chi connectivity index (χ3v) is 2.61. The Morgan fingerprint density at radius 3 is 2.75 bits per heavy atom. The average Bonchev–Trinajstić information content (AvgIpc) is 2.03. The van der Waals surface area contributed by atoms with Gasteiger partial charge >= 0.3 is 0 Å². The van der Waals surface area contributed by atoms with Gasteiger partial charge in [0.15, 0.2) is 0 Å². The molecule has 1 amide bonds. The van der Waals surface area contributed by atoms with E-state index < -0.39 is 0 Å². The maximum Gasteiger partial charge on any atom is 0.232 e. The zero-order valence-corrected chi connectivity index (χ0v) is 8.78. The third kappa shape index (κ3) is 2.10. The Balaban J connectivity index is 2.95. The standard InChI is InChI=1S/C8H9IN2O/c1-6(12)11(9)8-4-2-3-7(10)5-8/h2-5H,10H2,1H3. The summed E-state index contributed by atoms with van der Waals surface area (Å²) < 4.78 is 1.52. The van der Waals surface area contributed by atoms with Crippen molar-refractivity contribution in [2.75, 3.05) is 8.85 Å². The molecule has 0 atom stereocenters. The molecule has 4 heteroatoms. The van der Waals surface area contributed by atoms with Gasteiger partial charge in [-0.05, 0) is 18.2 Å². The molecule has 64 valence electrons. The lowest BCUT2D eigenvalue weighted by atomic mass is 10.3. The summed E-state index contributed by atoms with van der Waals surface area (Å²) in [5.74, 6) is -0.0128. The molecule has 0 saturated heterocycles. The number of benzene rings is 1. The number of halogens is 1. The van der Waals surface area contributed by atoms with Crippen LogP contribution in [0.2, 0.25) is 0 Å². The molecule has 0 bridgehead atoms. The van der Waals surface area contributed by atoms with Crippen LogP contribution in [-0.4, -0.2) is 5.91 Å². The fourth-order valence-electron chi connectivity index (χ4n) is 0.829. The fourth-order valence-corrected chi connectivity index (χ4v) is 1.13. The SMILES string of the molecule is CC(=O)N(I)c1cccc(N)c1. The first-order valence-corrected chi connectivity index (χ1v) is 4.40. The van der Waals surface area contributed by atoms with Crippen molar-refractivity contribution in [2.24, 2.45) is 0 Å². The number of carbonyl (C=O) groups is 1. The molecule has 0 radical (unpaired) electrons. The first-order valence-electron chi connectivity index (χ1n) is 3.43. The molecule has 0 heterocycles. The van der Waals surface area contributed by atoms with Crippen LogP contribution in [0.25, 0.3) is 0 Å². The number of hydrogen-bond acceptors (Lipinski definition) is 2. The predicted molar refractivity (Wildman–Crippen MR) is 58.0 cm³/mol. The zero-order chi connectivity index (χ0) is 9.14. The van der Waals surface area contributed by atoms with E-state index in [2.05, 4.69) is 0 Å². The molecule has 1 aromatic rings. The van der Waals surface area contributed by atoms with E-state index in [1.807, 2.05) is 35.0 Å². The Kier molecular flexibility index (Phi) is 2.91. The molecule has 0 aliphatic heterocycles. The molecule has 2 N–H and O–H groups in total. The zero-order valence-electron chi connectivity index (χ0n) is 6.62. The number of nitrogens with two attached hydrogens (primary N) is 1. The largest absolute Gasteiger partial charge is 0.399 e. The van der Waals surface area contributed by atoms with Crippen LogP contribution < -0.4 is 8.85 Å². The third-order valence-electron chi connectivity index (χ3n) is 1.37. The highest BCUT2D eigenvalue weighted by atomic mass is 127. The Hall–Kier alpha value is -0.780. The van der Waals surface area contributed by atoms with Crippen molar-refractivity contribution >= 4 is 40.1 Å². The number of anilines is 2. The van der Waals surface area contributed by atoms with Gasteiger partial charge in [0.25, 0.3) is 0 Å². The van der Waals surface area contributed by atoms with Crippen molar-refractivity contribution in [2.45, 2.75) is 6.92 Å². The summed E-state index contributed by atoms with van der Waals surface area (Å²) >= 11 is 1.94. The van der Waals surface area contributed by atoms with Crippen molar-refractivity contribution in [1.29, 1.82) is 0 Å². The van der Waals surface area contributed by atoms with Crippen molar-refractivity contribution in [3.63, 3.8) is 0 Å². The van der Waals surface area contributed by atoms with Gasteiger partial charge in [0.1, 0.15) is 0 Å². The topological polar surface area (TPSA) is 46.3 Å². The van der Waals surface area contributed by atoms with Crippen LogP contribution >= 0.6 is 22.9 Å². The van der Waals surface area contributed by atoms with Gasteiger partial charge in [-0.25, -0.2) is 0 Å². The van der Waals surface area contributed by atoms with E-state index in [4.69, 9.17) is 5.73 Å². The first kappa shape index (κ1) is 9.31. The van der Waals surface area contributed by atoms with Crippen LogP contribution in [0.3, 0.4) is 0 Å². The number of nitrogens with zero attached hydrogens (tertiary/aromatic N) is 1. The molecule has 1 rings (SSSR count). The molecular formula is C8H9IN2O. The van der Waals surface area contributed by atoms with Crippen molar-refractivity contribution in [1.82, 2.24) is 0 Å². The molecule has 0 aliphatic carbocycles. The molecule has 0 saturated carbocycles. The Morgan fingerprint density at radius 2 is 2.25 bits per heavy atom. The second-order valence-corrected chi connectivity index (χ2v) is 3.36. The highest BCUT2D eigenvalue weighted by molar-refractivity contribution is 14.1. The maximum absolute atomic E-state index is 10.9. The number of amides is 1. The van der Waals surface area contributed by atoms with Crippen molar-refractivity contribution < 1.29 is 4.79 Å². The van der Waals surface area contributed by atoms with Crippen LogP contribution in [0.4, 0.5) is 11.4 Å². The van der Waals surface area contributed by atoms with Gasteiger partial charge in [-0.1, -0.05) is 6.07 Å². The molecule has 0 unspecified atom stereocenters. The number of nitrogen functional groups attached to an aromatic ring is 1. The van der Waals surface area contributed by atoms with Gasteiger partial charge in [0.05, 0.1) is 28.6 Å². The first-order chi connectivity index (χ1) is 5.61. The highest BCUT2D eigenvalue weighted by Gasteiger charge is 2.06. The molecule has 0 fully saturated rings. The molecule has 1 aromatic carbocycles. The average molecular weight is 276 g/mol. The second kappa shape index (κ2) is 3.75. The summed E-state index contributed by atoms with van der Waals surface area (Å²) in [6, 6.07) is 7.20. The number of carbonyl (C=O) groups excluding carboxylic acids is 1. The fraction of sp³-hybridized carbons (Fsp3) is 0.125. The van der Waals surface area contributed by atoms with Crippen LogP contribution in [0.15, 0.2) is 24.3 Å². The summed E-state index contributed by atoms with van der Waals surface area (Å²) in [6.45, 7) is 1.51. The van der Waals surface area contributed by atoms with E-state index >= 15 is 0 Å². The van der Waals surface area contributed by atoms with E-state index in [9.17, 15) is 4.79 Å². The molecular weight excluding hydrogens is 267 g/mol. The van der Waals surface area contributed by atoms with Gasteiger partial charge < -0.3 is 5.73 Å². The smallest absolute Gasteiger partial charge is 0.232 e. The summed E-state index contributed by atoms with van der Waals surface area (Å²) in [5, 5.41) is 0. The Morgan fingerprint density at radius 1 is 1.58 bits per heavy atom. The minimum absolute atomic E-state index is 0.0128. The van der Waals surface area contributed by atoms with Gasteiger partial charge in [-0.15, -0.1) is 0 Å². The van der Waals surface area contributed by atoms with E-state index in [0.717, 1.165) is 5.69 Å². The minimum Gasteiger partial charge on any atom is -0.399 e. The van der Waals surface area contributed by atoms with Gasteiger partial charge in [-0.2, -0.15) is 0 Å². The van der Waals surface area contributed by atoms with Gasteiger partial charge in [-0.3, -0.25) is 7.91 Å². The lowest BCUT2D eigenvalue weighted by Crippen LogP contribution is -2.15. The van der Waals surface area contributed by atoms with Gasteiger partial charge in [0, 0.05) is 12.6 Å². The maximum atomic E-state index is 10.9. The molecule has 3 nitrogen and oxygen atoms in total. The number of rotatable bonds is 1. The summed E-state index contributed by atoms with van der Waals surface area (Å²) in [4.78, 5) is 10.9. The summed E-state index contributed by atoms with van der Waals surface area (Å²) in [6.07, 6.45) is 0. The highest BCUT2D eigenvalue weighted by Crippen LogP contribution is 2.20. The lowest BCUT2D eigenvalue weighted by Gasteiger charge is -2.11. The van der Waals surface area contributed by atoms with E-state index in [0.29, 0.717) is 5.69 Å². The second-order valence-electron chi connectivity index (χ2n) is 2.39. The monoisotopic (exact) mass is 276 g/mol. The lowest BCUT2D eigenvalue weighted by molar-refractivity contribution is -0.115. The van der Waals surface area contributed by atoms with Crippen LogP contribution in [0, 0.1) is 0 Å². The van der Waals surface area contributed by atoms with Crippen LogP contribution in [0.5, 0.6) is 0 Å². The van der Waals surface area contributed by atoms with E-state index in [-0.39, 0.29) is 5.91 Å². The molecule has 12 heavy (non-hydrogen) atoms. The number of hydrogen-bond donors (Lipinski definition) is 1. The quantitative estimate of drug-likeness (QED) is 0.484. The summed E-state index contributed by atoms with van der Waals surface area (Å²) in [5.41, 5.74) is 7.03. The van der Waals surface area contributed by atoms with E-state index in [1.165, 1.54) is 10.0 Å². The van der Waals surface area contributed by atoms with Crippen LogP contribution in [0.1, 0.15) is 6.92 Å². The van der Waals surface area contributed by atoms with Crippen molar-refractivity contribution in [3.8, 4) is 0 Å². The van der Waals surface area contributed by atoms with Crippen LogP contribution in [-0.2, 0) is 4.79 Å².